The number of aliphatic hydroxyl groups is 2. The first-order valence-electron chi connectivity index (χ1n) is 5.83. The highest BCUT2D eigenvalue weighted by Crippen LogP contribution is 2.13. The number of likely N-dealkylation sites (N-methyl/N-ethyl adjacent to an activating group) is 1. The third-order valence-corrected chi connectivity index (χ3v) is 2.61. The highest BCUT2D eigenvalue weighted by molar-refractivity contribution is 5.27. The Labute approximate surface area is 102 Å². The van der Waals surface area contributed by atoms with E-state index >= 15 is 0 Å². The number of rotatable bonds is 7. The molecule has 1 aromatic carbocycles. The number of hydrogen-bond donors (Lipinski definition) is 3. The van der Waals surface area contributed by atoms with Gasteiger partial charge < -0.3 is 20.3 Å². The fourth-order valence-corrected chi connectivity index (χ4v) is 1.42. The normalized spacial score (nSPS) is 14.4. The van der Waals surface area contributed by atoms with Gasteiger partial charge in [0.1, 0.15) is 18.5 Å². The first-order chi connectivity index (χ1) is 8.15. The molecule has 0 heterocycles. The van der Waals surface area contributed by atoms with Crippen LogP contribution in [0, 0.1) is 0 Å². The predicted molar refractivity (Wildman–Crippen MR) is 67.3 cm³/mol. The molecule has 4 nitrogen and oxygen atoms in total. The fourth-order valence-electron chi connectivity index (χ4n) is 1.42. The number of ether oxygens (including phenoxy) is 1. The first-order valence-corrected chi connectivity index (χ1v) is 5.83. The van der Waals surface area contributed by atoms with Crippen molar-refractivity contribution in [2.24, 2.45) is 0 Å². The van der Waals surface area contributed by atoms with Gasteiger partial charge in [0, 0.05) is 6.04 Å². The molecule has 0 aliphatic rings. The van der Waals surface area contributed by atoms with Crippen LogP contribution < -0.4 is 10.1 Å². The van der Waals surface area contributed by atoms with Crippen LogP contribution in [-0.2, 0) is 6.42 Å². The summed E-state index contributed by atoms with van der Waals surface area (Å²) in [6.45, 7) is 1.96. The standard InChI is InChI=1S/C13H21NO3/c1-10(14-2)7-11-3-5-13(6-4-11)17-9-12(16)8-15/h3-6,10,12,14-16H,7-9H2,1-2H3. The SMILES string of the molecule is CNC(C)Cc1ccc(OCC(O)CO)cc1. The molecule has 0 aromatic heterocycles. The summed E-state index contributed by atoms with van der Waals surface area (Å²) in [5, 5.41) is 21.0. The predicted octanol–water partition coefficient (Wildman–Crippen LogP) is 0.569. The second-order valence-electron chi connectivity index (χ2n) is 4.19. The van der Waals surface area contributed by atoms with Gasteiger partial charge in [0.05, 0.1) is 6.61 Å². The lowest BCUT2D eigenvalue weighted by molar-refractivity contribution is 0.0536. The second kappa shape index (κ2) is 7.27. The number of benzene rings is 1. The minimum atomic E-state index is -0.820. The van der Waals surface area contributed by atoms with Crippen molar-refractivity contribution in [1.29, 1.82) is 0 Å². The topological polar surface area (TPSA) is 61.7 Å². The lowest BCUT2D eigenvalue weighted by Gasteiger charge is -2.12. The van der Waals surface area contributed by atoms with Crippen LogP contribution >= 0.6 is 0 Å². The quantitative estimate of drug-likeness (QED) is 0.651. The molecule has 1 aromatic rings. The van der Waals surface area contributed by atoms with Crippen molar-refractivity contribution in [2.75, 3.05) is 20.3 Å². The highest BCUT2D eigenvalue weighted by atomic mass is 16.5. The summed E-state index contributed by atoms with van der Waals surface area (Å²) >= 11 is 0. The van der Waals surface area contributed by atoms with Crippen molar-refractivity contribution >= 4 is 0 Å². The third kappa shape index (κ3) is 5.17. The van der Waals surface area contributed by atoms with E-state index in [1.54, 1.807) is 0 Å². The van der Waals surface area contributed by atoms with E-state index in [9.17, 15) is 0 Å². The molecule has 0 aliphatic heterocycles. The zero-order valence-electron chi connectivity index (χ0n) is 10.4. The molecule has 3 N–H and O–H groups in total. The zero-order valence-corrected chi connectivity index (χ0v) is 10.4. The van der Waals surface area contributed by atoms with Crippen molar-refractivity contribution in [3.63, 3.8) is 0 Å². The van der Waals surface area contributed by atoms with Gasteiger partial charge in [0.25, 0.3) is 0 Å². The summed E-state index contributed by atoms with van der Waals surface area (Å²) in [7, 11) is 1.94. The summed E-state index contributed by atoms with van der Waals surface area (Å²) in [6, 6.07) is 8.21. The van der Waals surface area contributed by atoms with Crippen LogP contribution in [-0.4, -0.2) is 42.6 Å². The summed E-state index contributed by atoms with van der Waals surface area (Å²) in [5.41, 5.74) is 1.24. The zero-order chi connectivity index (χ0) is 12.7. The Kier molecular flexibility index (Phi) is 5.97. The van der Waals surface area contributed by atoms with Gasteiger partial charge in [0.2, 0.25) is 0 Å². The van der Waals surface area contributed by atoms with Crippen molar-refractivity contribution in [1.82, 2.24) is 5.32 Å². The van der Waals surface area contributed by atoms with E-state index in [-0.39, 0.29) is 13.2 Å². The molecule has 0 saturated carbocycles. The van der Waals surface area contributed by atoms with Crippen LogP contribution in [0.2, 0.25) is 0 Å². The summed E-state index contributed by atoms with van der Waals surface area (Å²) in [4.78, 5) is 0. The summed E-state index contributed by atoms with van der Waals surface area (Å²) in [5.74, 6) is 0.707. The van der Waals surface area contributed by atoms with Crippen molar-refractivity contribution in [3.8, 4) is 5.75 Å². The van der Waals surface area contributed by atoms with E-state index < -0.39 is 6.10 Å². The maximum atomic E-state index is 9.14. The number of hydrogen-bond acceptors (Lipinski definition) is 4. The molecule has 2 atom stereocenters. The molecular formula is C13H21NO3. The Hall–Kier alpha value is -1.10. The van der Waals surface area contributed by atoms with E-state index in [0.29, 0.717) is 11.8 Å². The Morgan fingerprint density at radius 2 is 1.94 bits per heavy atom. The average Bonchev–Trinajstić information content (AvgIpc) is 2.37. The Morgan fingerprint density at radius 3 is 2.47 bits per heavy atom. The molecule has 0 spiro atoms. The van der Waals surface area contributed by atoms with E-state index in [4.69, 9.17) is 14.9 Å². The fraction of sp³-hybridized carbons (Fsp3) is 0.538. The Bertz CT molecular complexity index is 313. The minimum Gasteiger partial charge on any atom is -0.491 e. The van der Waals surface area contributed by atoms with E-state index in [0.717, 1.165) is 6.42 Å². The lowest BCUT2D eigenvalue weighted by atomic mass is 10.1. The molecular weight excluding hydrogens is 218 g/mol. The summed E-state index contributed by atoms with van der Waals surface area (Å²) in [6.07, 6.45) is 0.148. The van der Waals surface area contributed by atoms with Gasteiger partial charge in [-0.2, -0.15) is 0 Å². The van der Waals surface area contributed by atoms with Crippen LogP contribution in [0.4, 0.5) is 0 Å². The van der Waals surface area contributed by atoms with Crippen LogP contribution in [0.1, 0.15) is 12.5 Å². The van der Waals surface area contributed by atoms with Crippen LogP contribution in [0.15, 0.2) is 24.3 Å². The minimum absolute atomic E-state index is 0.114. The van der Waals surface area contributed by atoms with E-state index in [1.807, 2.05) is 31.3 Å². The van der Waals surface area contributed by atoms with Crippen LogP contribution in [0.3, 0.4) is 0 Å². The molecule has 2 unspecified atom stereocenters. The average molecular weight is 239 g/mol. The molecule has 4 heteroatoms. The summed E-state index contributed by atoms with van der Waals surface area (Å²) < 4.78 is 5.32. The molecule has 1 rings (SSSR count). The molecule has 96 valence electrons. The first kappa shape index (κ1) is 14.0. The van der Waals surface area contributed by atoms with Crippen molar-refractivity contribution < 1.29 is 14.9 Å². The van der Waals surface area contributed by atoms with Gasteiger partial charge in [-0.05, 0) is 38.1 Å². The monoisotopic (exact) mass is 239 g/mol. The highest BCUT2D eigenvalue weighted by Gasteiger charge is 2.04. The van der Waals surface area contributed by atoms with Gasteiger partial charge in [-0.15, -0.1) is 0 Å². The number of nitrogens with one attached hydrogen (secondary N) is 1. The molecule has 17 heavy (non-hydrogen) atoms. The van der Waals surface area contributed by atoms with Gasteiger partial charge >= 0.3 is 0 Å². The molecule has 0 fully saturated rings. The smallest absolute Gasteiger partial charge is 0.119 e. The van der Waals surface area contributed by atoms with Crippen LogP contribution in [0.25, 0.3) is 0 Å². The maximum absolute atomic E-state index is 9.14. The molecule has 0 bridgehead atoms. The largest absolute Gasteiger partial charge is 0.491 e. The van der Waals surface area contributed by atoms with Gasteiger partial charge in [-0.3, -0.25) is 0 Å². The Balaban J connectivity index is 2.44. The van der Waals surface area contributed by atoms with Gasteiger partial charge in [0.15, 0.2) is 0 Å². The maximum Gasteiger partial charge on any atom is 0.119 e. The van der Waals surface area contributed by atoms with Crippen molar-refractivity contribution in [2.45, 2.75) is 25.5 Å². The molecule has 0 saturated heterocycles. The lowest BCUT2D eigenvalue weighted by Crippen LogP contribution is -2.23. The van der Waals surface area contributed by atoms with E-state index in [1.165, 1.54) is 5.56 Å². The third-order valence-electron chi connectivity index (χ3n) is 2.61. The number of aliphatic hydroxyl groups excluding tert-OH is 2. The Morgan fingerprint density at radius 1 is 1.29 bits per heavy atom. The molecule has 0 amide bonds. The second-order valence-corrected chi connectivity index (χ2v) is 4.19. The van der Waals surface area contributed by atoms with Crippen LogP contribution in [0.5, 0.6) is 5.75 Å². The van der Waals surface area contributed by atoms with Gasteiger partial charge in [-0.1, -0.05) is 12.1 Å². The van der Waals surface area contributed by atoms with Gasteiger partial charge in [-0.25, -0.2) is 0 Å². The van der Waals surface area contributed by atoms with Crippen molar-refractivity contribution in [3.05, 3.63) is 29.8 Å². The molecule has 0 radical (unpaired) electrons. The molecule has 0 aliphatic carbocycles. The van der Waals surface area contributed by atoms with E-state index in [2.05, 4.69) is 12.2 Å².